The second-order valence-corrected chi connectivity index (χ2v) is 9.64. The van der Waals surface area contributed by atoms with Gasteiger partial charge in [-0.3, -0.25) is 9.11 Å². The van der Waals surface area contributed by atoms with E-state index in [9.17, 15) is 31.0 Å². The van der Waals surface area contributed by atoms with Crippen LogP contribution in [0.3, 0.4) is 0 Å². The van der Waals surface area contributed by atoms with Crippen LogP contribution < -0.4 is 29.6 Å². The van der Waals surface area contributed by atoms with Crippen molar-refractivity contribution in [3.63, 3.8) is 0 Å². The van der Waals surface area contributed by atoms with E-state index in [0.717, 1.165) is 34.9 Å². The molecule has 9 nitrogen and oxygen atoms in total. The van der Waals surface area contributed by atoms with Crippen LogP contribution in [-0.2, 0) is 20.2 Å². The zero-order valence-electron chi connectivity index (χ0n) is 17.1. The van der Waals surface area contributed by atoms with Crippen LogP contribution in [0.5, 0.6) is 5.75 Å². The first-order valence-electron chi connectivity index (χ1n) is 8.53. The molecule has 0 heterocycles. The van der Waals surface area contributed by atoms with Crippen LogP contribution in [0.4, 0.5) is 11.4 Å². The van der Waals surface area contributed by atoms with E-state index in [0.29, 0.717) is 5.69 Å². The van der Waals surface area contributed by atoms with Crippen molar-refractivity contribution in [2.75, 3.05) is 0 Å². The van der Waals surface area contributed by atoms with Crippen LogP contribution in [0.1, 0.15) is 16.7 Å². The summed E-state index contributed by atoms with van der Waals surface area (Å²) in [6.45, 7) is 5.63. The number of fused-ring (bicyclic) bond motifs is 1. The minimum atomic E-state index is -4.86. The largest absolute Gasteiger partial charge is 1.00 e. The maximum Gasteiger partial charge on any atom is 1.00 e. The zero-order chi connectivity index (χ0) is 22.4. The molecule has 0 unspecified atom stereocenters. The molecule has 0 saturated carbocycles. The summed E-state index contributed by atoms with van der Waals surface area (Å²) in [5.74, 6) is -0.838. The van der Waals surface area contributed by atoms with Crippen molar-refractivity contribution >= 4 is 42.4 Å². The van der Waals surface area contributed by atoms with Gasteiger partial charge in [-0.25, -0.2) is 0 Å². The fourth-order valence-corrected chi connectivity index (χ4v) is 4.08. The number of aryl methyl sites for hydroxylation is 3. The molecule has 0 saturated heterocycles. The number of phenols is 1. The standard InChI is InChI=1S/C19H18N2O7S2.Na/c1-10-6-12(3)16(7-11(10)2)20-21-18-15-5-4-14(29(23,24)25)8-13(15)9-17(19(18)22)30(26,27)28;/h4-9,22H,1-3H3,(H,23,24,25)(H,26,27,28);/q;+1. The van der Waals surface area contributed by atoms with E-state index < -0.39 is 35.8 Å². The molecule has 0 spiro atoms. The second kappa shape index (κ2) is 8.94. The maximum atomic E-state index is 11.7. The van der Waals surface area contributed by atoms with Gasteiger partial charge in [0.15, 0.2) is 5.75 Å². The summed E-state index contributed by atoms with van der Waals surface area (Å²) >= 11 is 0. The molecule has 31 heavy (non-hydrogen) atoms. The predicted octanol–water partition coefficient (Wildman–Crippen LogP) is 1.38. The summed E-state index contributed by atoms with van der Waals surface area (Å²) in [5.41, 5.74) is 3.00. The van der Waals surface area contributed by atoms with Gasteiger partial charge in [0.25, 0.3) is 20.2 Å². The average Bonchev–Trinajstić information content (AvgIpc) is 2.62. The number of hydrogen-bond acceptors (Lipinski definition) is 7. The summed E-state index contributed by atoms with van der Waals surface area (Å²) < 4.78 is 64.9. The summed E-state index contributed by atoms with van der Waals surface area (Å²) in [6, 6.07) is 7.87. The number of rotatable bonds is 4. The van der Waals surface area contributed by atoms with Crippen molar-refractivity contribution in [3.05, 3.63) is 53.1 Å². The summed E-state index contributed by atoms with van der Waals surface area (Å²) in [7, 11) is -9.43. The molecule has 0 aromatic heterocycles. The molecule has 3 aromatic carbocycles. The molecule has 3 rings (SSSR count). The molecular weight excluding hydrogens is 455 g/mol. The van der Waals surface area contributed by atoms with Crippen LogP contribution >= 0.6 is 0 Å². The number of benzene rings is 3. The average molecular weight is 473 g/mol. The number of hydrogen-bond donors (Lipinski definition) is 3. The summed E-state index contributed by atoms with van der Waals surface area (Å²) in [6.07, 6.45) is 0. The third-order valence-electron chi connectivity index (χ3n) is 4.67. The van der Waals surface area contributed by atoms with Gasteiger partial charge in [-0.1, -0.05) is 12.1 Å². The predicted molar refractivity (Wildman–Crippen MR) is 110 cm³/mol. The quantitative estimate of drug-likeness (QED) is 0.294. The molecule has 0 bridgehead atoms. The smallest absolute Gasteiger partial charge is 0.504 e. The van der Waals surface area contributed by atoms with E-state index >= 15 is 0 Å². The van der Waals surface area contributed by atoms with E-state index in [-0.39, 0.29) is 46.0 Å². The summed E-state index contributed by atoms with van der Waals surface area (Å²) in [4.78, 5) is -1.36. The van der Waals surface area contributed by atoms with Gasteiger partial charge in [0.05, 0.1) is 10.6 Å². The first-order chi connectivity index (χ1) is 13.8. The van der Waals surface area contributed by atoms with Gasteiger partial charge in [-0.2, -0.15) is 21.9 Å². The van der Waals surface area contributed by atoms with Crippen molar-refractivity contribution in [2.45, 2.75) is 30.6 Å². The minimum Gasteiger partial charge on any atom is -0.504 e. The van der Waals surface area contributed by atoms with Crippen molar-refractivity contribution in [3.8, 4) is 5.75 Å². The Kier molecular flexibility index (Phi) is 7.33. The van der Waals surface area contributed by atoms with Gasteiger partial charge in [0.1, 0.15) is 10.6 Å². The van der Waals surface area contributed by atoms with Crippen LogP contribution in [0.2, 0.25) is 0 Å². The molecule has 0 aliphatic heterocycles. The van der Waals surface area contributed by atoms with Gasteiger partial charge >= 0.3 is 29.6 Å². The van der Waals surface area contributed by atoms with Crippen LogP contribution in [0.15, 0.2) is 56.4 Å². The molecule has 0 aliphatic carbocycles. The molecule has 0 fully saturated rings. The molecule has 3 aromatic rings. The topological polar surface area (TPSA) is 154 Å². The van der Waals surface area contributed by atoms with Crippen LogP contribution in [0.25, 0.3) is 10.8 Å². The Labute approximate surface area is 201 Å². The van der Waals surface area contributed by atoms with Gasteiger partial charge in [-0.15, -0.1) is 5.11 Å². The molecule has 158 valence electrons. The minimum absolute atomic E-state index is 0. The van der Waals surface area contributed by atoms with E-state index in [1.54, 1.807) is 6.07 Å². The Hall–Kier alpha value is -1.86. The molecule has 0 aliphatic rings. The normalized spacial score (nSPS) is 12.3. The zero-order valence-corrected chi connectivity index (χ0v) is 20.8. The van der Waals surface area contributed by atoms with Crippen molar-refractivity contribution in [1.29, 1.82) is 0 Å². The van der Waals surface area contributed by atoms with E-state index in [4.69, 9.17) is 0 Å². The molecule has 0 atom stereocenters. The van der Waals surface area contributed by atoms with E-state index in [2.05, 4.69) is 10.2 Å². The number of phenolic OH excluding ortho intramolecular Hbond substituents is 1. The molecule has 0 radical (unpaired) electrons. The molecule has 0 amide bonds. The third kappa shape index (κ3) is 5.32. The first kappa shape index (κ1) is 25.4. The van der Waals surface area contributed by atoms with Crippen molar-refractivity contribution in [1.82, 2.24) is 0 Å². The fraction of sp³-hybridized carbons (Fsp3) is 0.158. The van der Waals surface area contributed by atoms with Gasteiger partial charge in [-0.05, 0) is 67.1 Å². The Morgan fingerprint density at radius 3 is 1.97 bits per heavy atom. The van der Waals surface area contributed by atoms with E-state index in [1.165, 1.54) is 6.07 Å². The Morgan fingerprint density at radius 1 is 0.774 bits per heavy atom. The second-order valence-electron chi connectivity index (χ2n) is 6.83. The monoisotopic (exact) mass is 473 g/mol. The first-order valence-corrected chi connectivity index (χ1v) is 11.4. The SMILES string of the molecule is Cc1cc(C)c(N=Nc2c(O)c(S(=O)(=O)O)cc3cc(S(=O)(=O)O)ccc23)cc1C.[Na+]. The molecule has 12 heteroatoms. The number of aromatic hydroxyl groups is 1. The van der Waals surface area contributed by atoms with Crippen LogP contribution in [0, 0.1) is 20.8 Å². The van der Waals surface area contributed by atoms with E-state index in [1.807, 2.05) is 26.8 Å². The van der Waals surface area contributed by atoms with Gasteiger partial charge < -0.3 is 5.11 Å². The molecule has 3 N–H and O–H groups in total. The third-order valence-corrected chi connectivity index (χ3v) is 6.38. The Bertz CT molecular complexity index is 1430. The van der Waals surface area contributed by atoms with Gasteiger partial charge in [0, 0.05) is 5.39 Å². The number of azo groups is 1. The Morgan fingerprint density at radius 2 is 1.39 bits per heavy atom. The fourth-order valence-electron chi connectivity index (χ4n) is 2.94. The number of nitrogens with zero attached hydrogens (tertiary/aromatic N) is 2. The Balaban J connectivity index is 0.00000341. The van der Waals surface area contributed by atoms with Crippen LogP contribution in [-0.4, -0.2) is 31.0 Å². The molecular formula is C19H18N2NaO7S2+. The maximum absolute atomic E-state index is 11.7. The van der Waals surface area contributed by atoms with Crippen molar-refractivity contribution < 1.29 is 60.6 Å². The van der Waals surface area contributed by atoms with Gasteiger partial charge in [0.2, 0.25) is 0 Å². The summed E-state index contributed by atoms with van der Waals surface area (Å²) in [5, 5.41) is 18.7. The van der Waals surface area contributed by atoms with Crippen molar-refractivity contribution in [2.24, 2.45) is 10.2 Å².